The molecule has 6 nitrogen and oxygen atoms in total. The second kappa shape index (κ2) is 6.27. The number of nitrogens with one attached hydrogen (secondary N) is 1. The van der Waals surface area contributed by atoms with Gasteiger partial charge in [-0.15, -0.1) is 0 Å². The van der Waals surface area contributed by atoms with Crippen molar-refractivity contribution in [1.29, 1.82) is 0 Å². The lowest BCUT2D eigenvalue weighted by molar-refractivity contribution is -0.114. The molecule has 1 rings (SSSR count). The Morgan fingerprint density at radius 3 is 2.67 bits per heavy atom. The predicted molar refractivity (Wildman–Crippen MR) is 81.2 cm³/mol. The van der Waals surface area contributed by atoms with E-state index in [4.69, 9.17) is 0 Å². The Labute approximate surface area is 127 Å². The highest BCUT2D eigenvalue weighted by Crippen LogP contribution is 2.26. The summed E-state index contributed by atoms with van der Waals surface area (Å²) < 4.78 is 3.81. The lowest BCUT2D eigenvalue weighted by Gasteiger charge is -2.03. The van der Waals surface area contributed by atoms with Gasteiger partial charge in [0, 0.05) is 10.5 Å². The number of rotatable bonds is 3. The number of anilines is 1. The number of carbonyl (C=O) groups is 1. The Morgan fingerprint density at radius 2 is 2.13 bits per heavy atom. The largest absolute Gasteiger partial charge is 0.294 e. The standard InChI is InChI=1S/C6H6I3N5O/c1-3(15)10-6-11-12-13-14(6)2-4(7)5(8)9/h2H2,1H3,(H,10,11,13,15). The van der Waals surface area contributed by atoms with Crippen molar-refractivity contribution < 1.29 is 4.79 Å². The summed E-state index contributed by atoms with van der Waals surface area (Å²) in [5.74, 6) is 0.180. The van der Waals surface area contributed by atoms with Crippen molar-refractivity contribution in [3.63, 3.8) is 0 Å². The molecule has 0 saturated heterocycles. The molecular formula is C6H6I3N5O. The van der Waals surface area contributed by atoms with Crippen LogP contribution in [0, 0.1) is 0 Å². The highest BCUT2D eigenvalue weighted by Gasteiger charge is 2.09. The molecule has 0 aromatic carbocycles. The van der Waals surface area contributed by atoms with Crippen molar-refractivity contribution in [1.82, 2.24) is 20.2 Å². The van der Waals surface area contributed by atoms with Crippen molar-refractivity contribution >= 4 is 79.6 Å². The second-order valence-corrected chi connectivity index (χ2v) is 8.03. The average molecular weight is 545 g/mol. The molecule has 0 fully saturated rings. The summed E-state index contributed by atoms with van der Waals surface area (Å²) in [6.07, 6.45) is 0. The fourth-order valence-corrected chi connectivity index (χ4v) is 1.41. The van der Waals surface area contributed by atoms with Gasteiger partial charge in [0.1, 0.15) is 0 Å². The van der Waals surface area contributed by atoms with E-state index >= 15 is 0 Å². The van der Waals surface area contributed by atoms with Crippen molar-refractivity contribution in [2.45, 2.75) is 13.5 Å². The molecule has 0 aliphatic carbocycles. The van der Waals surface area contributed by atoms with Crippen LogP contribution in [-0.4, -0.2) is 26.1 Å². The van der Waals surface area contributed by atoms with Crippen molar-refractivity contribution in [3.8, 4) is 0 Å². The number of amides is 1. The van der Waals surface area contributed by atoms with E-state index in [0.717, 1.165) is 5.17 Å². The van der Waals surface area contributed by atoms with E-state index in [-0.39, 0.29) is 5.91 Å². The summed E-state index contributed by atoms with van der Waals surface area (Å²) in [6.45, 7) is 1.98. The molecule has 1 aromatic heterocycles. The third-order valence-electron chi connectivity index (χ3n) is 1.31. The van der Waals surface area contributed by atoms with Crippen LogP contribution >= 0.6 is 67.8 Å². The van der Waals surface area contributed by atoms with Gasteiger partial charge in [-0.3, -0.25) is 10.1 Å². The first-order chi connectivity index (χ1) is 7.00. The van der Waals surface area contributed by atoms with Crippen LogP contribution < -0.4 is 5.32 Å². The van der Waals surface area contributed by atoms with E-state index in [1.807, 2.05) is 0 Å². The van der Waals surface area contributed by atoms with E-state index in [9.17, 15) is 4.79 Å². The first kappa shape index (κ1) is 13.5. The van der Waals surface area contributed by atoms with Gasteiger partial charge in [0.05, 0.1) is 8.13 Å². The monoisotopic (exact) mass is 545 g/mol. The summed E-state index contributed by atoms with van der Waals surface area (Å²) in [6, 6.07) is 0. The molecule has 1 heterocycles. The van der Waals surface area contributed by atoms with Crippen LogP contribution in [0.3, 0.4) is 0 Å². The van der Waals surface area contributed by atoms with Gasteiger partial charge in [-0.1, -0.05) is 5.10 Å². The third-order valence-corrected chi connectivity index (χ3v) is 5.56. The predicted octanol–water partition coefficient (Wildman–Crippen LogP) is 2.11. The molecule has 15 heavy (non-hydrogen) atoms. The maximum atomic E-state index is 10.8. The minimum absolute atomic E-state index is 0.186. The first-order valence-electron chi connectivity index (χ1n) is 3.74. The number of tetrazole rings is 1. The zero-order valence-corrected chi connectivity index (χ0v) is 14.0. The fraction of sp³-hybridized carbons (Fsp3) is 0.333. The summed E-state index contributed by atoms with van der Waals surface area (Å²) in [7, 11) is 0. The van der Waals surface area contributed by atoms with Gasteiger partial charge < -0.3 is 0 Å². The fourth-order valence-electron chi connectivity index (χ4n) is 0.749. The van der Waals surface area contributed by atoms with E-state index in [0.29, 0.717) is 12.5 Å². The lowest BCUT2D eigenvalue weighted by Crippen LogP contribution is -2.13. The van der Waals surface area contributed by atoms with Gasteiger partial charge in [0.15, 0.2) is 0 Å². The number of carbonyl (C=O) groups excluding carboxylic acids is 1. The molecule has 0 saturated carbocycles. The van der Waals surface area contributed by atoms with Crippen LogP contribution in [0.2, 0.25) is 0 Å². The van der Waals surface area contributed by atoms with Crippen LogP contribution in [-0.2, 0) is 11.3 Å². The van der Waals surface area contributed by atoms with Crippen LogP contribution in [0.5, 0.6) is 0 Å². The molecule has 1 amide bonds. The molecular weight excluding hydrogens is 539 g/mol. The molecule has 0 unspecified atom stereocenters. The van der Waals surface area contributed by atoms with Crippen LogP contribution in [0.1, 0.15) is 6.92 Å². The number of hydrogen-bond donors (Lipinski definition) is 1. The number of hydrogen-bond acceptors (Lipinski definition) is 4. The molecule has 9 heteroatoms. The molecule has 1 aromatic rings. The van der Waals surface area contributed by atoms with Crippen LogP contribution in [0.4, 0.5) is 5.95 Å². The smallest absolute Gasteiger partial charge is 0.249 e. The van der Waals surface area contributed by atoms with E-state index in [2.05, 4.69) is 88.6 Å². The quantitative estimate of drug-likeness (QED) is 0.592. The molecule has 0 atom stereocenters. The summed E-state index contributed by atoms with van der Waals surface area (Å²) in [5, 5.41) is 13.6. The molecule has 82 valence electrons. The summed E-state index contributed by atoms with van der Waals surface area (Å²) >= 11 is 6.66. The molecule has 0 aliphatic heterocycles. The van der Waals surface area contributed by atoms with E-state index in [1.165, 1.54) is 6.92 Å². The topological polar surface area (TPSA) is 72.7 Å². The summed E-state index contributed by atoms with van der Waals surface area (Å²) in [5.41, 5.74) is 0. The zero-order valence-electron chi connectivity index (χ0n) is 7.54. The van der Waals surface area contributed by atoms with Crippen molar-refractivity contribution in [2.75, 3.05) is 5.32 Å². The average Bonchev–Trinajstić information content (AvgIpc) is 2.51. The Hall–Kier alpha value is 0.470. The Kier molecular flexibility index (Phi) is 5.65. The first-order valence-corrected chi connectivity index (χ1v) is 6.97. The Balaban J connectivity index is 2.82. The Bertz CT molecular complexity index is 397. The maximum Gasteiger partial charge on any atom is 0.249 e. The SMILES string of the molecule is CC(=O)Nc1nnnn1CC(I)=C(I)I. The van der Waals surface area contributed by atoms with Gasteiger partial charge >= 0.3 is 0 Å². The molecule has 0 aliphatic rings. The number of nitrogens with zero attached hydrogens (tertiary/aromatic N) is 4. The highest BCUT2D eigenvalue weighted by atomic mass is 127. The van der Waals surface area contributed by atoms with Gasteiger partial charge in [-0.2, -0.15) is 0 Å². The van der Waals surface area contributed by atoms with Gasteiger partial charge in [0.25, 0.3) is 0 Å². The molecule has 1 N–H and O–H groups in total. The molecule has 0 bridgehead atoms. The lowest BCUT2D eigenvalue weighted by atomic mass is 10.6. The normalized spacial score (nSPS) is 9.87. The van der Waals surface area contributed by atoms with Crippen molar-refractivity contribution in [3.05, 3.63) is 5.17 Å². The summed E-state index contributed by atoms with van der Waals surface area (Å²) in [4.78, 5) is 10.8. The van der Waals surface area contributed by atoms with Gasteiger partial charge in [0.2, 0.25) is 11.9 Å². The Morgan fingerprint density at radius 1 is 1.47 bits per heavy atom. The maximum absolute atomic E-state index is 10.8. The van der Waals surface area contributed by atoms with Gasteiger partial charge in [-0.25, -0.2) is 4.68 Å². The number of allylic oxidation sites excluding steroid dienone is 1. The number of halogens is 3. The third kappa shape index (κ3) is 4.46. The number of aromatic nitrogens is 4. The molecule has 0 spiro atoms. The van der Waals surface area contributed by atoms with Crippen molar-refractivity contribution in [2.24, 2.45) is 0 Å². The molecule has 0 radical (unpaired) electrons. The second-order valence-electron chi connectivity index (χ2n) is 2.51. The minimum atomic E-state index is -0.186. The van der Waals surface area contributed by atoms with Gasteiger partial charge in [-0.05, 0) is 78.2 Å². The highest BCUT2D eigenvalue weighted by molar-refractivity contribution is 14.2. The zero-order chi connectivity index (χ0) is 11.4. The minimum Gasteiger partial charge on any atom is -0.294 e. The van der Waals surface area contributed by atoms with Crippen LogP contribution in [0.15, 0.2) is 5.17 Å². The van der Waals surface area contributed by atoms with Crippen LogP contribution in [0.25, 0.3) is 0 Å². The van der Waals surface area contributed by atoms with E-state index in [1.54, 1.807) is 4.68 Å². The van der Waals surface area contributed by atoms with E-state index < -0.39 is 0 Å².